The highest BCUT2D eigenvalue weighted by Crippen LogP contribution is 2.29. The standard InChI is InChI=1S/C10H14N2O/c11-10-9(2-1-5-12-10)7-13-6-8-3-4-8/h1-2,5,8H,3-4,6-7H2,(H2,11,12). The normalized spacial score (nSPS) is 16.0. The predicted octanol–water partition coefficient (Wildman–Crippen LogP) is 1.59. The molecule has 0 saturated heterocycles. The molecule has 0 aliphatic heterocycles. The van der Waals surface area contributed by atoms with Gasteiger partial charge in [-0.15, -0.1) is 0 Å². The molecule has 1 aromatic rings. The molecule has 0 atom stereocenters. The molecule has 0 radical (unpaired) electrons. The maximum atomic E-state index is 5.66. The molecule has 0 aromatic carbocycles. The molecule has 2 N–H and O–H groups in total. The summed E-state index contributed by atoms with van der Waals surface area (Å²) in [5.41, 5.74) is 6.65. The van der Waals surface area contributed by atoms with Gasteiger partial charge in [-0.2, -0.15) is 0 Å². The second-order valence-corrected chi connectivity index (χ2v) is 3.51. The molecule has 0 unspecified atom stereocenters. The lowest BCUT2D eigenvalue weighted by molar-refractivity contribution is 0.111. The summed E-state index contributed by atoms with van der Waals surface area (Å²) in [5, 5.41) is 0. The number of nitrogen functional groups attached to an aromatic ring is 1. The van der Waals surface area contributed by atoms with Gasteiger partial charge in [0.25, 0.3) is 0 Å². The molecule has 3 heteroatoms. The fourth-order valence-corrected chi connectivity index (χ4v) is 1.19. The zero-order valence-corrected chi connectivity index (χ0v) is 7.57. The van der Waals surface area contributed by atoms with Gasteiger partial charge in [-0.3, -0.25) is 0 Å². The summed E-state index contributed by atoms with van der Waals surface area (Å²) in [5.74, 6) is 1.39. The third-order valence-corrected chi connectivity index (χ3v) is 2.23. The van der Waals surface area contributed by atoms with Crippen molar-refractivity contribution in [1.29, 1.82) is 0 Å². The van der Waals surface area contributed by atoms with Crippen LogP contribution in [0, 0.1) is 5.92 Å². The number of nitrogens with two attached hydrogens (primary N) is 1. The SMILES string of the molecule is Nc1ncccc1COCC1CC1. The van der Waals surface area contributed by atoms with Crippen molar-refractivity contribution in [2.45, 2.75) is 19.4 Å². The van der Waals surface area contributed by atoms with E-state index in [0.717, 1.165) is 18.1 Å². The van der Waals surface area contributed by atoms with Gasteiger partial charge in [0.05, 0.1) is 6.61 Å². The van der Waals surface area contributed by atoms with E-state index in [-0.39, 0.29) is 0 Å². The van der Waals surface area contributed by atoms with Gasteiger partial charge < -0.3 is 10.5 Å². The van der Waals surface area contributed by atoms with Crippen LogP contribution in [-0.2, 0) is 11.3 Å². The number of hydrogen-bond donors (Lipinski definition) is 1. The second kappa shape index (κ2) is 3.75. The first-order valence-corrected chi connectivity index (χ1v) is 4.63. The minimum absolute atomic E-state index is 0.582. The predicted molar refractivity (Wildman–Crippen MR) is 51.0 cm³/mol. The molecule has 1 aromatic heterocycles. The van der Waals surface area contributed by atoms with Crippen molar-refractivity contribution in [2.24, 2.45) is 5.92 Å². The van der Waals surface area contributed by atoms with Crippen molar-refractivity contribution >= 4 is 5.82 Å². The average molecular weight is 178 g/mol. The van der Waals surface area contributed by atoms with E-state index in [4.69, 9.17) is 10.5 Å². The lowest BCUT2D eigenvalue weighted by atomic mass is 10.3. The van der Waals surface area contributed by atoms with Gasteiger partial charge >= 0.3 is 0 Å². The molecule has 1 fully saturated rings. The van der Waals surface area contributed by atoms with Crippen molar-refractivity contribution in [2.75, 3.05) is 12.3 Å². The highest BCUT2D eigenvalue weighted by Gasteiger charge is 2.21. The minimum Gasteiger partial charge on any atom is -0.383 e. The number of rotatable bonds is 4. The molecule has 0 amide bonds. The Kier molecular flexibility index (Phi) is 2.45. The summed E-state index contributed by atoms with van der Waals surface area (Å²) in [4.78, 5) is 3.99. The smallest absolute Gasteiger partial charge is 0.128 e. The Bertz CT molecular complexity index is 284. The summed E-state index contributed by atoms with van der Waals surface area (Å²) in [6.07, 6.45) is 4.34. The number of nitrogens with zero attached hydrogens (tertiary/aromatic N) is 1. The maximum Gasteiger partial charge on any atom is 0.128 e. The molecular formula is C10H14N2O. The Balaban J connectivity index is 1.82. The van der Waals surface area contributed by atoms with Crippen molar-refractivity contribution in [3.05, 3.63) is 23.9 Å². The van der Waals surface area contributed by atoms with Crippen molar-refractivity contribution < 1.29 is 4.74 Å². The number of aromatic nitrogens is 1. The van der Waals surface area contributed by atoms with E-state index in [2.05, 4.69) is 4.98 Å². The first-order valence-electron chi connectivity index (χ1n) is 4.63. The molecule has 0 spiro atoms. The lowest BCUT2D eigenvalue weighted by Crippen LogP contribution is -2.01. The van der Waals surface area contributed by atoms with Gasteiger partial charge in [-0.1, -0.05) is 6.07 Å². The van der Waals surface area contributed by atoms with E-state index in [9.17, 15) is 0 Å². The Morgan fingerprint density at radius 2 is 2.38 bits per heavy atom. The van der Waals surface area contributed by atoms with Gasteiger partial charge in [0.15, 0.2) is 0 Å². The molecule has 3 nitrogen and oxygen atoms in total. The molecular weight excluding hydrogens is 164 g/mol. The third kappa shape index (κ3) is 2.42. The van der Waals surface area contributed by atoms with E-state index >= 15 is 0 Å². The summed E-state index contributed by atoms with van der Waals surface area (Å²) in [6.45, 7) is 1.46. The molecule has 70 valence electrons. The van der Waals surface area contributed by atoms with E-state index < -0.39 is 0 Å². The molecule has 1 saturated carbocycles. The second-order valence-electron chi connectivity index (χ2n) is 3.51. The lowest BCUT2D eigenvalue weighted by Gasteiger charge is -2.04. The van der Waals surface area contributed by atoms with Crippen molar-refractivity contribution in [1.82, 2.24) is 4.98 Å². The van der Waals surface area contributed by atoms with Crippen LogP contribution < -0.4 is 5.73 Å². The minimum atomic E-state index is 0.582. The highest BCUT2D eigenvalue weighted by atomic mass is 16.5. The van der Waals surface area contributed by atoms with Crippen LogP contribution in [0.2, 0.25) is 0 Å². The first-order chi connectivity index (χ1) is 6.36. The maximum absolute atomic E-state index is 5.66. The van der Waals surface area contributed by atoms with Crippen LogP contribution in [0.4, 0.5) is 5.82 Å². The van der Waals surface area contributed by atoms with E-state index in [1.54, 1.807) is 6.20 Å². The molecule has 1 aliphatic carbocycles. The highest BCUT2D eigenvalue weighted by molar-refractivity contribution is 5.37. The van der Waals surface area contributed by atoms with Crippen LogP contribution in [0.15, 0.2) is 18.3 Å². The van der Waals surface area contributed by atoms with Crippen LogP contribution >= 0.6 is 0 Å². The Morgan fingerprint density at radius 1 is 1.54 bits per heavy atom. The topological polar surface area (TPSA) is 48.1 Å². The average Bonchev–Trinajstić information content (AvgIpc) is 2.92. The summed E-state index contributed by atoms with van der Waals surface area (Å²) in [6, 6.07) is 3.83. The molecule has 13 heavy (non-hydrogen) atoms. The van der Waals surface area contributed by atoms with E-state index in [1.807, 2.05) is 12.1 Å². The van der Waals surface area contributed by atoms with Gasteiger partial charge in [0, 0.05) is 18.4 Å². The zero-order valence-electron chi connectivity index (χ0n) is 7.57. The number of hydrogen-bond acceptors (Lipinski definition) is 3. The number of ether oxygens (including phenoxy) is 1. The fraction of sp³-hybridized carbons (Fsp3) is 0.500. The Morgan fingerprint density at radius 3 is 3.08 bits per heavy atom. The van der Waals surface area contributed by atoms with Crippen molar-refractivity contribution in [3.8, 4) is 0 Å². The summed E-state index contributed by atoms with van der Waals surface area (Å²) in [7, 11) is 0. The molecule has 2 rings (SSSR count). The summed E-state index contributed by atoms with van der Waals surface area (Å²) >= 11 is 0. The van der Waals surface area contributed by atoms with Crippen LogP contribution in [0.25, 0.3) is 0 Å². The first kappa shape index (κ1) is 8.51. The largest absolute Gasteiger partial charge is 0.383 e. The van der Waals surface area contributed by atoms with E-state index in [1.165, 1.54) is 12.8 Å². The Labute approximate surface area is 77.9 Å². The van der Waals surface area contributed by atoms with Gasteiger partial charge in [0.1, 0.15) is 5.82 Å². The number of anilines is 1. The fourth-order valence-electron chi connectivity index (χ4n) is 1.19. The van der Waals surface area contributed by atoms with Crippen LogP contribution in [-0.4, -0.2) is 11.6 Å². The van der Waals surface area contributed by atoms with Gasteiger partial charge in [0.2, 0.25) is 0 Å². The zero-order chi connectivity index (χ0) is 9.10. The van der Waals surface area contributed by atoms with Crippen molar-refractivity contribution in [3.63, 3.8) is 0 Å². The Hall–Kier alpha value is -1.09. The monoisotopic (exact) mass is 178 g/mol. The quantitative estimate of drug-likeness (QED) is 0.761. The van der Waals surface area contributed by atoms with Crippen LogP contribution in [0.5, 0.6) is 0 Å². The molecule has 0 bridgehead atoms. The van der Waals surface area contributed by atoms with Crippen LogP contribution in [0.1, 0.15) is 18.4 Å². The summed E-state index contributed by atoms with van der Waals surface area (Å²) < 4.78 is 5.50. The van der Waals surface area contributed by atoms with Gasteiger partial charge in [-0.25, -0.2) is 4.98 Å². The third-order valence-electron chi connectivity index (χ3n) is 2.23. The van der Waals surface area contributed by atoms with Crippen LogP contribution in [0.3, 0.4) is 0 Å². The van der Waals surface area contributed by atoms with E-state index in [0.29, 0.717) is 12.4 Å². The number of pyridine rings is 1. The molecule has 1 heterocycles. The van der Waals surface area contributed by atoms with Gasteiger partial charge in [-0.05, 0) is 24.8 Å². The molecule has 1 aliphatic rings.